The van der Waals surface area contributed by atoms with E-state index in [1.807, 2.05) is 0 Å². The summed E-state index contributed by atoms with van der Waals surface area (Å²) in [7, 11) is 0. The molecule has 2 aromatic heterocycles. The summed E-state index contributed by atoms with van der Waals surface area (Å²) in [6.45, 7) is 0. The van der Waals surface area contributed by atoms with Crippen molar-refractivity contribution in [3.05, 3.63) is 34.1 Å². The van der Waals surface area contributed by atoms with Gasteiger partial charge in [-0.05, 0) is 12.1 Å². The largest absolute Gasteiger partial charge is 0.433 e. The third-order valence-corrected chi connectivity index (χ3v) is 1.99. The van der Waals surface area contributed by atoms with E-state index in [0.29, 0.717) is 0 Å². The molecule has 0 fully saturated rings. The van der Waals surface area contributed by atoms with E-state index < -0.39 is 22.5 Å². The molecule has 0 aromatic carbocycles. The SMILES string of the molecule is O=[N+]([O-])c1c[nH]c2ccc(C(F)(F)F)nc12. The number of aromatic amines is 1. The lowest BCUT2D eigenvalue weighted by Crippen LogP contribution is -2.07. The number of nitro groups is 1. The number of halogens is 3. The number of H-pyrrole nitrogens is 1. The lowest BCUT2D eigenvalue weighted by atomic mass is 10.3. The molecule has 0 atom stereocenters. The molecule has 2 rings (SSSR count). The number of alkyl halides is 3. The molecule has 2 heterocycles. The van der Waals surface area contributed by atoms with Crippen LogP contribution in [0.25, 0.3) is 11.0 Å². The molecule has 16 heavy (non-hydrogen) atoms. The van der Waals surface area contributed by atoms with Gasteiger partial charge in [-0.3, -0.25) is 10.1 Å². The maximum Gasteiger partial charge on any atom is 0.433 e. The van der Waals surface area contributed by atoms with E-state index in [0.717, 1.165) is 18.3 Å². The van der Waals surface area contributed by atoms with E-state index in [9.17, 15) is 23.3 Å². The molecule has 1 N–H and O–H groups in total. The molecule has 2 aromatic rings. The fourth-order valence-electron chi connectivity index (χ4n) is 1.28. The van der Waals surface area contributed by atoms with E-state index >= 15 is 0 Å². The summed E-state index contributed by atoms with van der Waals surface area (Å²) in [6.07, 6.45) is -3.60. The average molecular weight is 231 g/mol. The molecule has 0 aliphatic rings. The molecule has 0 saturated heterocycles. The van der Waals surface area contributed by atoms with Gasteiger partial charge in [-0.15, -0.1) is 0 Å². The summed E-state index contributed by atoms with van der Waals surface area (Å²) < 4.78 is 36.9. The molecule has 0 amide bonds. The predicted octanol–water partition coefficient (Wildman–Crippen LogP) is 2.49. The standard InChI is InChI=1S/C8H4F3N3O2/c9-8(10,11)6-2-1-4-7(13-6)5(3-12-4)14(15)16/h1-3,12H. The van der Waals surface area contributed by atoms with E-state index in [4.69, 9.17) is 0 Å². The van der Waals surface area contributed by atoms with Gasteiger partial charge in [-0.25, -0.2) is 4.98 Å². The summed E-state index contributed by atoms with van der Waals surface area (Å²) >= 11 is 0. The van der Waals surface area contributed by atoms with Gasteiger partial charge in [0.05, 0.1) is 16.6 Å². The zero-order valence-corrected chi connectivity index (χ0v) is 7.58. The minimum atomic E-state index is -4.61. The summed E-state index contributed by atoms with van der Waals surface area (Å²) in [6, 6.07) is 1.88. The lowest BCUT2D eigenvalue weighted by molar-refractivity contribution is -0.383. The van der Waals surface area contributed by atoms with Crippen LogP contribution in [0.3, 0.4) is 0 Å². The first-order chi connectivity index (χ1) is 7.39. The highest BCUT2D eigenvalue weighted by Crippen LogP contribution is 2.31. The summed E-state index contributed by atoms with van der Waals surface area (Å²) in [4.78, 5) is 15.4. The van der Waals surface area contributed by atoms with Crippen LogP contribution in [0, 0.1) is 10.1 Å². The van der Waals surface area contributed by atoms with Crippen molar-refractivity contribution >= 4 is 16.7 Å². The highest BCUT2D eigenvalue weighted by Gasteiger charge is 2.33. The van der Waals surface area contributed by atoms with Crippen molar-refractivity contribution in [1.29, 1.82) is 0 Å². The second kappa shape index (κ2) is 3.19. The van der Waals surface area contributed by atoms with Crippen LogP contribution in [0.1, 0.15) is 5.69 Å². The number of aromatic nitrogens is 2. The van der Waals surface area contributed by atoms with E-state index in [1.54, 1.807) is 0 Å². The second-order valence-electron chi connectivity index (χ2n) is 3.02. The normalized spacial score (nSPS) is 11.9. The Morgan fingerprint density at radius 3 is 2.62 bits per heavy atom. The number of nitrogens with zero attached hydrogens (tertiary/aromatic N) is 2. The van der Waals surface area contributed by atoms with Crippen LogP contribution in [-0.4, -0.2) is 14.9 Å². The van der Waals surface area contributed by atoms with E-state index in [1.165, 1.54) is 0 Å². The third-order valence-electron chi connectivity index (χ3n) is 1.99. The van der Waals surface area contributed by atoms with Crippen LogP contribution < -0.4 is 0 Å². The molecule has 8 heteroatoms. The maximum atomic E-state index is 12.3. The first-order valence-electron chi connectivity index (χ1n) is 4.09. The lowest BCUT2D eigenvalue weighted by Gasteiger charge is -2.04. The van der Waals surface area contributed by atoms with Gasteiger partial charge in [-0.2, -0.15) is 13.2 Å². The van der Waals surface area contributed by atoms with Crippen molar-refractivity contribution in [2.45, 2.75) is 6.18 Å². The van der Waals surface area contributed by atoms with Crippen LogP contribution in [-0.2, 0) is 6.18 Å². The molecule has 0 bridgehead atoms. The van der Waals surface area contributed by atoms with E-state index in [2.05, 4.69) is 9.97 Å². The average Bonchev–Trinajstić information content (AvgIpc) is 2.58. The Kier molecular flexibility index (Phi) is 2.07. The summed E-state index contributed by atoms with van der Waals surface area (Å²) in [5.41, 5.74) is -1.72. The monoisotopic (exact) mass is 231 g/mol. The molecule has 0 aliphatic heterocycles. The minimum Gasteiger partial charge on any atom is -0.354 e. The van der Waals surface area contributed by atoms with Crippen LogP contribution >= 0.6 is 0 Å². The van der Waals surface area contributed by atoms with Gasteiger partial charge in [0.25, 0.3) is 0 Å². The molecular formula is C8H4F3N3O2. The molecule has 0 unspecified atom stereocenters. The van der Waals surface area contributed by atoms with Gasteiger partial charge >= 0.3 is 11.9 Å². The summed E-state index contributed by atoms with van der Waals surface area (Å²) in [5.74, 6) is 0. The Morgan fingerprint density at radius 2 is 2.06 bits per heavy atom. The highest BCUT2D eigenvalue weighted by molar-refractivity contribution is 5.84. The topological polar surface area (TPSA) is 71.8 Å². The van der Waals surface area contributed by atoms with Gasteiger partial charge < -0.3 is 4.98 Å². The first kappa shape index (κ1) is 10.4. The van der Waals surface area contributed by atoms with E-state index in [-0.39, 0.29) is 11.0 Å². The molecule has 5 nitrogen and oxygen atoms in total. The van der Waals surface area contributed by atoms with Crippen molar-refractivity contribution in [3.8, 4) is 0 Å². The quantitative estimate of drug-likeness (QED) is 0.605. The minimum absolute atomic E-state index is 0.194. The molecule has 0 saturated carbocycles. The van der Waals surface area contributed by atoms with Crippen molar-refractivity contribution < 1.29 is 18.1 Å². The fourth-order valence-corrected chi connectivity index (χ4v) is 1.28. The van der Waals surface area contributed by atoms with Crippen molar-refractivity contribution in [2.75, 3.05) is 0 Å². The number of hydrogen-bond acceptors (Lipinski definition) is 3. The first-order valence-corrected chi connectivity index (χ1v) is 4.09. The van der Waals surface area contributed by atoms with Crippen molar-refractivity contribution in [3.63, 3.8) is 0 Å². The highest BCUT2D eigenvalue weighted by atomic mass is 19.4. The van der Waals surface area contributed by atoms with Crippen LogP contribution in [0.4, 0.5) is 18.9 Å². The second-order valence-corrected chi connectivity index (χ2v) is 3.02. The van der Waals surface area contributed by atoms with Gasteiger partial charge in [0.15, 0.2) is 5.52 Å². The Hall–Kier alpha value is -2.12. The zero-order chi connectivity index (χ0) is 11.9. The number of rotatable bonds is 1. The van der Waals surface area contributed by atoms with Crippen LogP contribution in [0.15, 0.2) is 18.3 Å². The Morgan fingerprint density at radius 1 is 1.38 bits per heavy atom. The van der Waals surface area contributed by atoms with Gasteiger partial charge in [0, 0.05) is 0 Å². The van der Waals surface area contributed by atoms with Crippen molar-refractivity contribution in [1.82, 2.24) is 9.97 Å². The van der Waals surface area contributed by atoms with Crippen LogP contribution in [0.5, 0.6) is 0 Å². The van der Waals surface area contributed by atoms with Crippen LogP contribution in [0.2, 0.25) is 0 Å². The molecule has 0 spiro atoms. The molecular weight excluding hydrogens is 227 g/mol. The number of pyridine rings is 1. The molecule has 0 radical (unpaired) electrons. The smallest absolute Gasteiger partial charge is 0.354 e. The zero-order valence-electron chi connectivity index (χ0n) is 7.58. The Bertz CT molecular complexity index is 561. The number of hydrogen-bond donors (Lipinski definition) is 1. The fraction of sp³-hybridized carbons (Fsp3) is 0.125. The maximum absolute atomic E-state index is 12.3. The summed E-state index contributed by atoms with van der Waals surface area (Å²) in [5, 5.41) is 10.5. The number of fused-ring (bicyclic) bond motifs is 1. The predicted molar refractivity (Wildman–Crippen MR) is 47.8 cm³/mol. The Labute approximate surface area is 86.1 Å². The van der Waals surface area contributed by atoms with Gasteiger partial charge in [0.2, 0.25) is 0 Å². The Balaban J connectivity index is 2.68. The molecule has 84 valence electrons. The van der Waals surface area contributed by atoms with Gasteiger partial charge in [0.1, 0.15) is 5.69 Å². The van der Waals surface area contributed by atoms with Crippen molar-refractivity contribution in [2.24, 2.45) is 0 Å². The van der Waals surface area contributed by atoms with Gasteiger partial charge in [-0.1, -0.05) is 0 Å². The number of nitrogens with one attached hydrogen (secondary N) is 1. The third kappa shape index (κ3) is 1.58. The molecule has 0 aliphatic carbocycles.